The Bertz CT molecular complexity index is 924. The van der Waals surface area contributed by atoms with E-state index >= 15 is 0 Å². The number of anilines is 1. The van der Waals surface area contributed by atoms with Crippen molar-refractivity contribution in [2.24, 2.45) is 0 Å². The van der Waals surface area contributed by atoms with Gasteiger partial charge in [0.2, 0.25) is 17.7 Å². The average Bonchev–Trinajstić information content (AvgIpc) is 3.09. The number of hydrogen-bond acceptors (Lipinski definition) is 5. The lowest BCUT2D eigenvalue weighted by Crippen LogP contribution is -2.12. The highest BCUT2D eigenvalue weighted by atomic mass is 35.5. The van der Waals surface area contributed by atoms with Crippen LogP contribution in [0.15, 0.2) is 46.9 Å². The normalized spacial score (nSPS) is 10.6. The van der Waals surface area contributed by atoms with Crippen molar-refractivity contribution in [3.05, 3.63) is 58.9 Å². The number of amides is 1. The number of hydrogen-bond donors (Lipinski definition) is 1. The van der Waals surface area contributed by atoms with E-state index in [-0.39, 0.29) is 12.3 Å². The van der Waals surface area contributed by atoms with Gasteiger partial charge in [-0.25, -0.2) is 0 Å². The van der Waals surface area contributed by atoms with Crippen LogP contribution in [0.3, 0.4) is 0 Å². The predicted molar refractivity (Wildman–Crippen MR) is 99.4 cm³/mol. The third-order valence-corrected chi connectivity index (χ3v) is 4.03. The molecule has 0 radical (unpaired) electrons. The SMILES string of the molecule is COc1ccc(NC(=O)CCc2nnc(-c3cccc(C)c3)o2)cc1Cl. The largest absolute Gasteiger partial charge is 0.495 e. The summed E-state index contributed by atoms with van der Waals surface area (Å²) in [5.74, 6) is 1.26. The van der Waals surface area contributed by atoms with Gasteiger partial charge in [0, 0.05) is 24.1 Å². The molecule has 3 rings (SSSR count). The molecule has 0 bridgehead atoms. The van der Waals surface area contributed by atoms with Gasteiger partial charge < -0.3 is 14.5 Å². The maximum Gasteiger partial charge on any atom is 0.247 e. The Hall–Kier alpha value is -2.86. The van der Waals surface area contributed by atoms with Crippen LogP contribution in [0, 0.1) is 6.92 Å². The number of methoxy groups -OCH3 is 1. The Morgan fingerprint density at radius 3 is 2.81 bits per heavy atom. The fraction of sp³-hybridized carbons (Fsp3) is 0.211. The van der Waals surface area contributed by atoms with Gasteiger partial charge in [0.25, 0.3) is 0 Å². The number of halogens is 1. The van der Waals surface area contributed by atoms with Gasteiger partial charge in [-0.05, 0) is 37.3 Å². The van der Waals surface area contributed by atoms with Crippen LogP contribution >= 0.6 is 11.6 Å². The summed E-state index contributed by atoms with van der Waals surface area (Å²) in [6, 6.07) is 12.9. The fourth-order valence-electron chi connectivity index (χ4n) is 2.44. The van der Waals surface area contributed by atoms with Crippen LogP contribution in [0.5, 0.6) is 5.75 Å². The zero-order chi connectivity index (χ0) is 18.5. The lowest BCUT2D eigenvalue weighted by Gasteiger charge is -2.07. The molecule has 7 heteroatoms. The molecular weight excluding hydrogens is 354 g/mol. The van der Waals surface area contributed by atoms with Crippen molar-refractivity contribution in [3.8, 4) is 17.2 Å². The molecule has 2 aromatic carbocycles. The van der Waals surface area contributed by atoms with Crippen molar-refractivity contribution in [1.29, 1.82) is 0 Å². The van der Waals surface area contributed by atoms with E-state index in [4.69, 9.17) is 20.8 Å². The zero-order valence-electron chi connectivity index (χ0n) is 14.5. The molecule has 0 atom stereocenters. The molecular formula is C19H18ClN3O3. The van der Waals surface area contributed by atoms with Crippen molar-refractivity contribution >= 4 is 23.2 Å². The zero-order valence-corrected chi connectivity index (χ0v) is 15.2. The number of rotatable bonds is 6. The summed E-state index contributed by atoms with van der Waals surface area (Å²) < 4.78 is 10.7. The molecule has 3 aromatic rings. The first kappa shape index (κ1) is 17.9. The molecule has 0 aliphatic carbocycles. The molecule has 1 heterocycles. The average molecular weight is 372 g/mol. The quantitative estimate of drug-likeness (QED) is 0.699. The number of ether oxygens (including phenoxy) is 1. The predicted octanol–water partition coefficient (Wildman–Crippen LogP) is 4.28. The number of aryl methyl sites for hydroxylation is 2. The molecule has 0 spiro atoms. The van der Waals surface area contributed by atoms with E-state index in [0.717, 1.165) is 11.1 Å². The number of carbonyl (C=O) groups excluding carboxylic acids is 1. The minimum atomic E-state index is -0.165. The Morgan fingerprint density at radius 2 is 2.08 bits per heavy atom. The number of aromatic nitrogens is 2. The standard InChI is InChI=1S/C19H18ClN3O3/c1-12-4-3-5-13(10-12)19-23-22-18(26-19)9-8-17(24)21-14-6-7-16(25-2)15(20)11-14/h3-7,10-11H,8-9H2,1-2H3,(H,21,24). The highest BCUT2D eigenvalue weighted by Gasteiger charge is 2.11. The molecule has 0 aliphatic heterocycles. The minimum Gasteiger partial charge on any atom is -0.495 e. The Morgan fingerprint density at radius 1 is 1.23 bits per heavy atom. The highest BCUT2D eigenvalue weighted by molar-refractivity contribution is 6.32. The van der Waals surface area contributed by atoms with E-state index in [1.165, 1.54) is 7.11 Å². The summed E-state index contributed by atoms with van der Waals surface area (Å²) in [6.07, 6.45) is 0.577. The van der Waals surface area contributed by atoms with Gasteiger partial charge in [0.15, 0.2) is 0 Å². The molecule has 1 N–H and O–H groups in total. The van der Waals surface area contributed by atoms with Gasteiger partial charge in [-0.1, -0.05) is 29.3 Å². The molecule has 1 amide bonds. The van der Waals surface area contributed by atoms with Crippen molar-refractivity contribution in [2.45, 2.75) is 19.8 Å². The fourth-order valence-corrected chi connectivity index (χ4v) is 2.70. The van der Waals surface area contributed by atoms with Gasteiger partial charge in [-0.3, -0.25) is 4.79 Å². The summed E-state index contributed by atoms with van der Waals surface area (Å²) in [7, 11) is 1.54. The van der Waals surface area contributed by atoms with Crippen LogP contribution in [0.2, 0.25) is 5.02 Å². The van der Waals surface area contributed by atoms with Gasteiger partial charge in [-0.2, -0.15) is 0 Å². The van der Waals surface area contributed by atoms with Crippen molar-refractivity contribution in [2.75, 3.05) is 12.4 Å². The smallest absolute Gasteiger partial charge is 0.247 e. The second kappa shape index (κ2) is 8.01. The highest BCUT2D eigenvalue weighted by Crippen LogP contribution is 2.27. The number of benzene rings is 2. The van der Waals surface area contributed by atoms with Crippen molar-refractivity contribution in [1.82, 2.24) is 10.2 Å². The first-order valence-corrected chi connectivity index (χ1v) is 8.46. The maximum absolute atomic E-state index is 12.1. The van der Waals surface area contributed by atoms with E-state index in [2.05, 4.69) is 15.5 Å². The van der Waals surface area contributed by atoms with Crippen LogP contribution < -0.4 is 10.1 Å². The lowest BCUT2D eigenvalue weighted by molar-refractivity contribution is -0.116. The minimum absolute atomic E-state index is 0.165. The molecule has 1 aromatic heterocycles. The van der Waals surface area contributed by atoms with Crippen molar-refractivity contribution < 1.29 is 13.9 Å². The number of nitrogens with one attached hydrogen (secondary N) is 1. The van der Waals surface area contributed by atoms with Gasteiger partial charge in [0.05, 0.1) is 12.1 Å². The van der Waals surface area contributed by atoms with Gasteiger partial charge in [0.1, 0.15) is 5.75 Å². The summed E-state index contributed by atoms with van der Waals surface area (Å²) in [6.45, 7) is 2.00. The Balaban J connectivity index is 1.57. The van der Waals surface area contributed by atoms with E-state index < -0.39 is 0 Å². The summed E-state index contributed by atoms with van der Waals surface area (Å²) in [5.41, 5.74) is 2.58. The van der Waals surface area contributed by atoms with Crippen LogP contribution in [0.1, 0.15) is 17.9 Å². The van der Waals surface area contributed by atoms with Crippen LogP contribution in [-0.4, -0.2) is 23.2 Å². The second-order valence-corrected chi connectivity index (χ2v) is 6.18. The third-order valence-electron chi connectivity index (χ3n) is 3.73. The summed E-state index contributed by atoms with van der Waals surface area (Å²) in [5, 5.41) is 11.3. The van der Waals surface area contributed by atoms with Crippen LogP contribution in [-0.2, 0) is 11.2 Å². The van der Waals surface area contributed by atoms with E-state index in [1.54, 1.807) is 18.2 Å². The Labute approximate surface area is 156 Å². The van der Waals surface area contributed by atoms with Crippen LogP contribution in [0.25, 0.3) is 11.5 Å². The summed E-state index contributed by atoms with van der Waals surface area (Å²) >= 11 is 6.05. The maximum atomic E-state index is 12.1. The first-order chi connectivity index (χ1) is 12.5. The molecule has 0 aliphatic rings. The Kier molecular flexibility index (Phi) is 5.53. The topological polar surface area (TPSA) is 77.2 Å². The second-order valence-electron chi connectivity index (χ2n) is 5.77. The monoisotopic (exact) mass is 371 g/mol. The molecule has 134 valence electrons. The molecule has 0 fully saturated rings. The molecule has 26 heavy (non-hydrogen) atoms. The molecule has 0 saturated carbocycles. The number of nitrogens with zero attached hydrogens (tertiary/aromatic N) is 2. The van der Waals surface area contributed by atoms with E-state index in [0.29, 0.717) is 34.7 Å². The van der Waals surface area contributed by atoms with Gasteiger partial charge >= 0.3 is 0 Å². The van der Waals surface area contributed by atoms with Gasteiger partial charge in [-0.15, -0.1) is 10.2 Å². The third kappa shape index (κ3) is 4.40. The van der Waals surface area contributed by atoms with Crippen molar-refractivity contribution in [3.63, 3.8) is 0 Å². The number of carbonyl (C=O) groups is 1. The van der Waals surface area contributed by atoms with Crippen LogP contribution in [0.4, 0.5) is 5.69 Å². The molecule has 0 unspecified atom stereocenters. The molecule has 6 nitrogen and oxygen atoms in total. The first-order valence-electron chi connectivity index (χ1n) is 8.08. The van der Waals surface area contributed by atoms with E-state index in [1.807, 2.05) is 31.2 Å². The molecule has 0 saturated heterocycles. The lowest BCUT2D eigenvalue weighted by atomic mass is 10.1. The summed E-state index contributed by atoms with van der Waals surface area (Å²) in [4.78, 5) is 12.1. The van der Waals surface area contributed by atoms with E-state index in [9.17, 15) is 4.79 Å².